The lowest BCUT2D eigenvalue weighted by molar-refractivity contribution is -0.122. The Labute approximate surface area is 101 Å². The van der Waals surface area contributed by atoms with Gasteiger partial charge >= 0.3 is 0 Å². The largest absolute Gasteiger partial charge is 0.368 e. The molecule has 3 nitrogen and oxygen atoms in total. The van der Waals surface area contributed by atoms with E-state index in [1.807, 2.05) is 20.8 Å². The van der Waals surface area contributed by atoms with Gasteiger partial charge in [0.25, 0.3) is 0 Å². The maximum atomic E-state index is 13.4. The number of carbonyl (C=O) groups is 1. The second-order valence-corrected chi connectivity index (χ2v) is 5.17. The van der Waals surface area contributed by atoms with Crippen molar-refractivity contribution in [1.82, 2.24) is 5.32 Å². The minimum absolute atomic E-state index is 0.280. The number of nitrogens with one attached hydrogen (secondary N) is 1. The quantitative estimate of drug-likeness (QED) is 0.840. The third-order valence-electron chi connectivity index (χ3n) is 2.61. The smallest absolute Gasteiger partial charge is 0.235 e. The number of hydrogen-bond donors (Lipinski definition) is 2. The lowest BCUT2D eigenvalue weighted by atomic mass is 9.86. The number of hydrogen-bond acceptors (Lipinski definition) is 2. The van der Waals surface area contributed by atoms with Crippen molar-refractivity contribution < 1.29 is 9.18 Å². The van der Waals surface area contributed by atoms with Crippen LogP contribution in [0.1, 0.15) is 26.3 Å². The highest BCUT2D eigenvalue weighted by Crippen LogP contribution is 2.19. The fourth-order valence-corrected chi connectivity index (χ4v) is 1.69. The number of amides is 1. The molecule has 1 unspecified atom stereocenters. The summed E-state index contributed by atoms with van der Waals surface area (Å²) in [5.41, 5.74) is 5.57. The number of halogens is 1. The first-order chi connectivity index (χ1) is 7.82. The van der Waals surface area contributed by atoms with Crippen LogP contribution in [0.2, 0.25) is 0 Å². The van der Waals surface area contributed by atoms with Gasteiger partial charge in [-0.05, 0) is 11.5 Å². The molecular weight excluding hydrogens is 219 g/mol. The molecule has 0 bridgehead atoms. The van der Waals surface area contributed by atoms with Crippen LogP contribution in [0, 0.1) is 11.2 Å². The average molecular weight is 238 g/mol. The summed E-state index contributed by atoms with van der Waals surface area (Å²) in [5, 5.41) is 3.00. The molecule has 0 radical (unpaired) electrons. The third-order valence-corrected chi connectivity index (χ3v) is 2.61. The Bertz CT molecular complexity index is 399. The summed E-state index contributed by atoms with van der Waals surface area (Å²) in [4.78, 5) is 11.3. The summed E-state index contributed by atoms with van der Waals surface area (Å²) in [5.74, 6) is -0.703. The molecule has 4 heteroatoms. The Morgan fingerprint density at radius 1 is 1.41 bits per heavy atom. The average Bonchev–Trinajstić information content (AvgIpc) is 2.18. The topological polar surface area (TPSA) is 55.1 Å². The molecule has 0 aliphatic rings. The van der Waals surface area contributed by atoms with Gasteiger partial charge in [0, 0.05) is 12.1 Å². The summed E-state index contributed by atoms with van der Waals surface area (Å²) < 4.78 is 13.4. The summed E-state index contributed by atoms with van der Waals surface area (Å²) in [6.45, 7) is 6.03. The van der Waals surface area contributed by atoms with Gasteiger partial charge < -0.3 is 11.1 Å². The van der Waals surface area contributed by atoms with Crippen LogP contribution in [0.15, 0.2) is 24.3 Å². The minimum atomic E-state index is -0.484. The summed E-state index contributed by atoms with van der Waals surface area (Å²) in [6, 6.07) is 5.99. The number of carbonyl (C=O) groups excluding carboxylic acids is 1. The molecule has 0 aliphatic carbocycles. The third kappa shape index (κ3) is 3.82. The Morgan fingerprint density at radius 2 is 2.00 bits per heavy atom. The van der Waals surface area contributed by atoms with E-state index < -0.39 is 11.9 Å². The first-order valence-corrected chi connectivity index (χ1v) is 5.58. The maximum Gasteiger partial charge on any atom is 0.235 e. The van der Waals surface area contributed by atoms with Gasteiger partial charge in [0.05, 0.1) is 6.04 Å². The molecule has 0 heterocycles. The van der Waals surface area contributed by atoms with Gasteiger partial charge in [-0.25, -0.2) is 4.39 Å². The molecule has 1 rings (SSSR count). The van der Waals surface area contributed by atoms with Crippen molar-refractivity contribution in [3.63, 3.8) is 0 Å². The first-order valence-electron chi connectivity index (χ1n) is 5.58. The van der Waals surface area contributed by atoms with Crippen LogP contribution in [0.3, 0.4) is 0 Å². The molecule has 1 amide bonds. The van der Waals surface area contributed by atoms with Crippen molar-refractivity contribution in [2.24, 2.45) is 11.1 Å². The highest BCUT2D eigenvalue weighted by atomic mass is 19.1. The predicted octanol–water partition coefficient (Wildman–Crippen LogP) is 1.82. The van der Waals surface area contributed by atoms with Crippen molar-refractivity contribution in [3.05, 3.63) is 35.6 Å². The molecule has 3 N–H and O–H groups in total. The molecule has 1 atom stereocenters. The van der Waals surface area contributed by atoms with E-state index in [4.69, 9.17) is 5.73 Å². The van der Waals surface area contributed by atoms with E-state index in [-0.39, 0.29) is 17.8 Å². The molecule has 0 saturated carbocycles. The zero-order valence-electron chi connectivity index (χ0n) is 10.5. The predicted molar refractivity (Wildman–Crippen MR) is 65.7 cm³/mol. The molecule has 0 spiro atoms. The summed E-state index contributed by atoms with van der Waals surface area (Å²) in [7, 11) is 0. The molecule has 94 valence electrons. The highest BCUT2D eigenvalue weighted by Gasteiger charge is 2.29. The lowest BCUT2D eigenvalue weighted by Gasteiger charge is -2.28. The van der Waals surface area contributed by atoms with Crippen LogP contribution >= 0.6 is 0 Å². The van der Waals surface area contributed by atoms with E-state index in [0.717, 1.165) is 0 Å². The number of benzene rings is 1. The van der Waals surface area contributed by atoms with E-state index in [0.29, 0.717) is 5.56 Å². The molecule has 0 aliphatic heterocycles. The molecule has 1 aromatic rings. The van der Waals surface area contributed by atoms with E-state index in [1.54, 1.807) is 18.2 Å². The highest BCUT2D eigenvalue weighted by molar-refractivity contribution is 5.80. The van der Waals surface area contributed by atoms with E-state index in [1.165, 1.54) is 6.07 Å². The fraction of sp³-hybridized carbons (Fsp3) is 0.462. The normalized spacial score (nSPS) is 13.4. The maximum absolute atomic E-state index is 13.4. The van der Waals surface area contributed by atoms with Crippen LogP contribution < -0.4 is 11.1 Å². The summed E-state index contributed by atoms with van der Waals surface area (Å²) >= 11 is 0. The van der Waals surface area contributed by atoms with Crippen LogP contribution in [0.5, 0.6) is 0 Å². The van der Waals surface area contributed by atoms with Crippen LogP contribution in [-0.2, 0) is 11.3 Å². The SMILES string of the molecule is CC(C)(C)C(NCc1ccccc1F)C(N)=O. The van der Waals surface area contributed by atoms with Crippen molar-refractivity contribution in [2.45, 2.75) is 33.4 Å². The van der Waals surface area contributed by atoms with Crippen molar-refractivity contribution >= 4 is 5.91 Å². The molecule has 0 saturated heterocycles. The molecule has 0 aromatic heterocycles. The molecule has 0 fully saturated rings. The van der Waals surface area contributed by atoms with Gasteiger partial charge in [-0.15, -0.1) is 0 Å². The standard InChI is InChI=1S/C13H19FN2O/c1-13(2,3)11(12(15)17)16-8-9-6-4-5-7-10(9)14/h4-7,11,16H,8H2,1-3H3,(H2,15,17). The van der Waals surface area contributed by atoms with Crippen molar-refractivity contribution in [2.75, 3.05) is 0 Å². The monoisotopic (exact) mass is 238 g/mol. The van der Waals surface area contributed by atoms with Crippen molar-refractivity contribution in [1.29, 1.82) is 0 Å². The zero-order chi connectivity index (χ0) is 13.1. The summed E-state index contributed by atoms with van der Waals surface area (Å²) in [6.07, 6.45) is 0. The van der Waals surface area contributed by atoms with E-state index >= 15 is 0 Å². The Hall–Kier alpha value is -1.42. The second kappa shape index (κ2) is 5.27. The fourth-order valence-electron chi connectivity index (χ4n) is 1.69. The minimum Gasteiger partial charge on any atom is -0.368 e. The molecular formula is C13H19FN2O. The Balaban J connectivity index is 2.72. The van der Waals surface area contributed by atoms with Gasteiger partial charge in [0.15, 0.2) is 0 Å². The van der Waals surface area contributed by atoms with Gasteiger partial charge in [0.2, 0.25) is 5.91 Å². The second-order valence-electron chi connectivity index (χ2n) is 5.17. The number of rotatable bonds is 4. The van der Waals surface area contributed by atoms with Crippen LogP contribution in [0.4, 0.5) is 4.39 Å². The molecule has 17 heavy (non-hydrogen) atoms. The van der Waals surface area contributed by atoms with Gasteiger partial charge in [-0.1, -0.05) is 39.0 Å². The Morgan fingerprint density at radius 3 is 2.47 bits per heavy atom. The first kappa shape index (κ1) is 13.6. The van der Waals surface area contributed by atoms with Gasteiger partial charge in [-0.3, -0.25) is 4.79 Å². The van der Waals surface area contributed by atoms with Crippen LogP contribution in [-0.4, -0.2) is 11.9 Å². The number of nitrogens with two attached hydrogens (primary N) is 1. The zero-order valence-corrected chi connectivity index (χ0v) is 10.5. The molecule has 1 aromatic carbocycles. The van der Waals surface area contributed by atoms with Crippen LogP contribution in [0.25, 0.3) is 0 Å². The number of primary amides is 1. The van der Waals surface area contributed by atoms with Gasteiger partial charge in [-0.2, -0.15) is 0 Å². The Kier molecular flexibility index (Phi) is 4.23. The van der Waals surface area contributed by atoms with E-state index in [9.17, 15) is 9.18 Å². The van der Waals surface area contributed by atoms with E-state index in [2.05, 4.69) is 5.32 Å². The van der Waals surface area contributed by atoms with Crippen molar-refractivity contribution in [3.8, 4) is 0 Å². The van der Waals surface area contributed by atoms with Gasteiger partial charge in [0.1, 0.15) is 5.82 Å². The lowest BCUT2D eigenvalue weighted by Crippen LogP contribution is -2.49.